The lowest BCUT2D eigenvalue weighted by Gasteiger charge is -2.47. The molecule has 3 aliphatic rings. The van der Waals surface area contributed by atoms with Crippen LogP contribution >= 0.6 is 0 Å². The van der Waals surface area contributed by atoms with Gasteiger partial charge in [0.05, 0.1) is 11.5 Å². The largest absolute Gasteiger partial charge is 0.462 e. The molecule has 1 saturated heterocycles. The van der Waals surface area contributed by atoms with Crippen LogP contribution in [-0.4, -0.2) is 34.7 Å². The van der Waals surface area contributed by atoms with Crippen molar-refractivity contribution in [2.24, 2.45) is 0 Å². The number of rotatable bonds is 2. The van der Waals surface area contributed by atoms with Crippen LogP contribution < -0.4 is 4.74 Å². The van der Waals surface area contributed by atoms with E-state index in [1.165, 1.54) is 25.3 Å². The monoisotopic (exact) mass is 304 g/mol. The highest BCUT2D eigenvalue weighted by Gasteiger charge is 2.42. The van der Waals surface area contributed by atoms with Crippen LogP contribution in [0.15, 0.2) is 18.2 Å². The molecule has 0 bridgehead atoms. The van der Waals surface area contributed by atoms with Gasteiger partial charge in [-0.1, -0.05) is 6.42 Å². The van der Waals surface area contributed by atoms with Crippen molar-refractivity contribution >= 4 is 5.69 Å². The molecule has 22 heavy (non-hydrogen) atoms. The van der Waals surface area contributed by atoms with E-state index < -0.39 is 5.79 Å². The van der Waals surface area contributed by atoms with Gasteiger partial charge in [0.25, 0.3) is 5.69 Å². The third-order valence-corrected chi connectivity index (χ3v) is 5.19. The van der Waals surface area contributed by atoms with Gasteiger partial charge in [0.15, 0.2) is 0 Å². The van der Waals surface area contributed by atoms with E-state index in [2.05, 4.69) is 4.90 Å². The molecule has 2 fully saturated rings. The first-order valence-corrected chi connectivity index (χ1v) is 8.00. The lowest BCUT2D eigenvalue weighted by Crippen LogP contribution is -2.54. The van der Waals surface area contributed by atoms with Crippen molar-refractivity contribution < 1.29 is 14.4 Å². The van der Waals surface area contributed by atoms with Gasteiger partial charge in [0.1, 0.15) is 5.75 Å². The molecule has 0 aromatic heterocycles. The number of fused-ring (bicyclic) bond motifs is 1. The standard InChI is InChI=1S/C16H20N2O4/c19-18(20)14-4-5-15-12(10-14)11-21-16(22-15)6-8-17(9-7-16)13-2-1-3-13/h4-5,10,13H,1-3,6-9,11H2. The SMILES string of the molecule is O=[N+]([O-])c1ccc2c(c1)COC1(CCN(C3CCC3)CC1)O2. The van der Waals surface area contributed by atoms with Crippen molar-refractivity contribution in [3.8, 4) is 5.75 Å². The normalized spacial score (nSPS) is 24.4. The highest BCUT2D eigenvalue weighted by Crippen LogP contribution is 2.40. The van der Waals surface area contributed by atoms with Crippen molar-refractivity contribution in [1.82, 2.24) is 4.90 Å². The number of hydrogen-bond acceptors (Lipinski definition) is 5. The number of nitrogens with zero attached hydrogens (tertiary/aromatic N) is 2. The average Bonchev–Trinajstić information content (AvgIpc) is 2.47. The molecule has 0 unspecified atom stereocenters. The van der Waals surface area contributed by atoms with E-state index in [1.807, 2.05) is 0 Å². The van der Waals surface area contributed by atoms with Crippen LogP contribution in [0.25, 0.3) is 0 Å². The molecule has 6 nitrogen and oxygen atoms in total. The average molecular weight is 304 g/mol. The second kappa shape index (κ2) is 5.21. The minimum Gasteiger partial charge on any atom is -0.462 e. The second-order valence-electron chi connectivity index (χ2n) is 6.47. The first-order chi connectivity index (χ1) is 10.7. The molecule has 1 aliphatic carbocycles. The summed E-state index contributed by atoms with van der Waals surface area (Å²) in [6.07, 6.45) is 5.72. The summed E-state index contributed by atoms with van der Waals surface area (Å²) in [7, 11) is 0. The third-order valence-electron chi connectivity index (χ3n) is 5.19. The maximum Gasteiger partial charge on any atom is 0.270 e. The van der Waals surface area contributed by atoms with E-state index in [9.17, 15) is 10.1 Å². The Morgan fingerprint density at radius 2 is 2.05 bits per heavy atom. The van der Waals surface area contributed by atoms with Gasteiger partial charge in [-0.2, -0.15) is 0 Å². The Morgan fingerprint density at radius 3 is 2.68 bits per heavy atom. The van der Waals surface area contributed by atoms with Crippen molar-refractivity contribution in [1.29, 1.82) is 0 Å². The van der Waals surface area contributed by atoms with Crippen molar-refractivity contribution in [3.05, 3.63) is 33.9 Å². The minimum absolute atomic E-state index is 0.0849. The van der Waals surface area contributed by atoms with Crippen LogP contribution in [0, 0.1) is 10.1 Å². The fraction of sp³-hybridized carbons (Fsp3) is 0.625. The van der Waals surface area contributed by atoms with Crippen LogP contribution in [0.5, 0.6) is 5.75 Å². The quantitative estimate of drug-likeness (QED) is 0.621. The van der Waals surface area contributed by atoms with Crippen LogP contribution in [0.3, 0.4) is 0 Å². The van der Waals surface area contributed by atoms with Gasteiger partial charge in [-0.05, 0) is 18.9 Å². The molecule has 1 aromatic carbocycles. The fourth-order valence-electron chi connectivity index (χ4n) is 3.56. The molecule has 0 amide bonds. The number of benzene rings is 1. The fourth-order valence-corrected chi connectivity index (χ4v) is 3.56. The summed E-state index contributed by atoms with van der Waals surface area (Å²) in [6.45, 7) is 2.40. The molecule has 1 aromatic rings. The molecule has 118 valence electrons. The lowest BCUT2D eigenvalue weighted by molar-refractivity contribution is -0.385. The summed E-state index contributed by atoms with van der Waals surface area (Å²) in [6, 6.07) is 5.51. The topological polar surface area (TPSA) is 64.8 Å². The number of non-ortho nitro benzene ring substituents is 1. The van der Waals surface area contributed by atoms with E-state index in [1.54, 1.807) is 12.1 Å². The Morgan fingerprint density at radius 1 is 1.27 bits per heavy atom. The highest BCUT2D eigenvalue weighted by molar-refractivity contribution is 5.44. The maximum absolute atomic E-state index is 10.8. The smallest absolute Gasteiger partial charge is 0.270 e. The maximum atomic E-state index is 10.8. The van der Waals surface area contributed by atoms with E-state index in [0.29, 0.717) is 6.61 Å². The lowest BCUT2D eigenvalue weighted by atomic mass is 9.89. The van der Waals surface area contributed by atoms with Crippen LogP contribution in [0.1, 0.15) is 37.7 Å². The Balaban J connectivity index is 1.46. The Hall–Kier alpha value is -1.66. The first-order valence-electron chi connectivity index (χ1n) is 8.00. The third kappa shape index (κ3) is 2.36. The predicted molar refractivity (Wildman–Crippen MR) is 79.7 cm³/mol. The van der Waals surface area contributed by atoms with Crippen molar-refractivity contribution in [2.75, 3.05) is 13.1 Å². The number of nitro benzene ring substituents is 1. The van der Waals surface area contributed by atoms with Gasteiger partial charge in [0, 0.05) is 49.7 Å². The molecule has 0 radical (unpaired) electrons. The molecule has 1 spiro atoms. The van der Waals surface area contributed by atoms with Crippen LogP contribution in [-0.2, 0) is 11.3 Å². The van der Waals surface area contributed by atoms with Gasteiger partial charge in [-0.15, -0.1) is 0 Å². The Bertz CT molecular complexity index is 592. The Kier molecular flexibility index (Phi) is 3.31. The number of hydrogen-bond donors (Lipinski definition) is 0. The molecule has 0 N–H and O–H groups in total. The molecule has 6 heteroatoms. The molecule has 2 aliphatic heterocycles. The molecule has 0 atom stereocenters. The summed E-state index contributed by atoms with van der Waals surface area (Å²) in [5.41, 5.74) is 0.850. The summed E-state index contributed by atoms with van der Waals surface area (Å²) in [4.78, 5) is 13.0. The molecular formula is C16H20N2O4. The molecule has 2 heterocycles. The minimum atomic E-state index is -0.538. The highest BCUT2D eigenvalue weighted by atomic mass is 16.7. The van der Waals surface area contributed by atoms with Crippen molar-refractivity contribution in [3.63, 3.8) is 0 Å². The summed E-state index contributed by atoms with van der Waals surface area (Å²) in [5.74, 6) is 0.192. The van der Waals surface area contributed by atoms with Crippen molar-refractivity contribution in [2.45, 2.75) is 50.5 Å². The first kappa shape index (κ1) is 14.0. The summed E-state index contributed by atoms with van der Waals surface area (Å²) < 4.78 is 12.1. The zero-order chi connectivity index (χ0) is 15.2. The molecule has 4 rings (SSSR count). The number of likely N-dealkylation sites (tertiary alicyclic amines) is 1. The van der Waals surface area contributed by atoms with Gasteiger partial charge < -0.3 is 9.47 Å². The molecular weight excluding hydrogens is 284 g/mol. The van der Waals surface area contributed by atoms with E-state index in [0.717, 1.165) is 43.3 Å². The zero-order valence-electron chi connectivity index (χ0n) is 12.5. The van der Waals surface area contributed by atoms with E-state index in [-0.39, 0.29) is 10.6 Å². The molecule has 1 saturated carbocycles. The van der Waals surface area contributed by atoms with Crippen LogP contribution in [0.4, 0.5) is 5.69 Å². The van der Waals surface area contributed by atoms with Gasteiger partial charge in [-0.25, -0.2) is 0 Å². The van der Waals surface area contributed by atoms with Crippen LogP contribution in [0.2, 0.25) is 0 Å². The number of ether oxygens (including phenoxy) is 2. The van der Waals surface area contributed by atoms with E-state index >= 15 is 0 Å². The zero-order valence-corrected chi connectivity index (χ0v) is 12.5. The van der Waals surface area contributed by atoms with Gasteiger partial charge >= 0.3 is 0 Å². The Labute approximate surface area is 129 Å². The number of piperidine rings is 1. The summed E-state index contributed by atoms with van der Waals surface area (Å²) >= 11 is 0. The van der Waals surface area contributed by atoms with Gasteiger partial charge in [0.2, 0.25) is 5.79 Å². The second-order valence-corrected chi connectivity index (χ2v) is 6.47. The van der Waals surface area contributed by atoms with Gasteiger partial charge in [-0.3, -0.25) is 15.0 Å². The summed E-state index contributed by atoms with van der Waals surface area (Å²) in [5, 5.41) is 10.8. The van der Waals surface area contributed by atoms with E-state index in [4.69, 9.17) is 9.47 Å². The predicted octanol–water partition coefficient (Wildman–Crippen LogP) is 2.85. The number of nitro groups is 1.